The fourth-order valence-corrected chi connectivity index (χ4v) is 1.72. The molecule has 0 N–H and O–H groups in total. The molecule has 0 aromatic heterocycles. The van der Waals surface area contributed by atoms with Crippen molar-refractivity contribution in [1.29, 1.82) is 0 Å². The molecule has 1 rings (SSSR count). The van der Waals surface area contributed by atoms with E-state index in [2.05, 4.69) is 6.92 Å². The van der Waals surface area contributed by atoms with Crippen molar-refractivity contribution in [3.63, 3.8) is 0 Å². The number of thiol groups is 1. The van der Waals surface area contributed by atoms with Crippen LogP contribution in [0.15, 0.2) is 0 Å². The summed E-state index contributed by atoms with van der Waals surface area (Å²) >= 11 is 0. The molecule has 60 valence electrons. The van der Waals surface area contributed by atoms with Gasteiger partial charge in [-0.05, 0) is 18.8 Å². The predicted molar refractivity (Wildman–Crippen MR) is 40.3 cm³/mol. The number of hydrogen-bond donors (Lipinski definition) is 1. The van der Waals surface area contributed by atoms with Gasteiger partial charge in [0.15, 0.2) is 0 Å². The Balaban J connectivity index is 2.40. The van der Waals surface area contributed by atoms with Crippen LogP contribution in [0.5, 0.6) is 0 Å². The van der Waals surface area contributed by atoms with Gasteiger partial charge in [0.25, 0.3) is 0 Å². The van der Waals surface area contributed by atoms with E-state index in [1.165, 1.54) is 4.31 Å². The SMILES string of the molecule is CC1CCN([SH](=O)=O)CC1. The molecule has 1 aliphatic heterocycles. The van der Waals surface area contributed by atoms with Crippen molar-refractivity contribution in [1.82, 2.24) is 4.31 Å². The van der Waals surface area contributed by atoms with E-state index in [-0.39, 0.29) is 0 Å². The largest absolute Gasteiger partial charge is 0.215 e. The molecule has 0 amide bonds. The van der Waals surface area contributed by atoms with E-state index in [1.807, 2.05) is 0 Å². The lowest BCUT2D eigenvalue weighted by Gasteiger charge is -2.24. The van der Waals surface area contributed by atoms with Crippen molar-refractivity contribution in [3.05, 3.63) is 0 Å². The van der Waals surface area contributed by atoms with E-state index in [4.69, 9.17) is 0 Å². The molecular formula is C6H13NO2S. The van der Waals surface area contributed by atoms with Gasteiger partial charge in [-0.15, -0.1) is 0 Å². The first-order valence-electron chi connectivity index (χ1n) is 3.59. The highest BCUT2D eigenvalue weighted by Crippen LogP contribution is 2.15. The monoisotopic (exact) mass is 163 g/mol. The molecule has 0 atom stereocenters. The van der Waals surface area contributed by atoms with E-state index < -0.39 is 10.9 Å². The van der Waals surface area contributed by atoms with Gasteiger partial charge in [0.1, 0.15) is 0 Å². The summed E-state index contributed by atoms with van der Waals surface area (Å²) < 4.78 is 22.4. The molecule has 3 nitrogen and oxygen atoms in total. The van der Waals surface area contributed by atoms with Crippen molar-refractivity contribution >= 4 is 10.9 Å². The van der Waals surface area contributed by atoms with Gasteiger partial charge < -0.3 is 0 Å². The summed E-state index contributed by atoms with van der Waals surface area (Å²) in [6.45, 7) is 3.61. The average molecular weight is 163 g/mol. The van der Waals surface area contributed by atoms with Crippen LogP contribution in [0, 0.1) is 5.92 Å². The minimum Gasteiger partial charge on any atom is -0.215 e. The van der Waals surface area contributed by atoms with Gasteiger partial charge in [0.2, 0.25) is 10.9 Å². The van der Waals surface area contributed by atoms with Gasteiger partial charge in [-0.2, -0.15) is 0 Å². The first-order chi connectivity index (χ1) is 4.70. The lowest BCUT2D eigenvalue weighted by atomic mass is 10.0. The Kier molecular flexibility index (Phi) is 2.68. The molecule has 0 radical (unpaired) electrons. The molecule has 1 heterocycles. The molecule has 1 fully saturated rings. The van der Waals surface area contributed by atoms with Crippen LogP contribution in [-0.2, 0) is 10.9 Å². The summed E-state index contributed by atoms with van der Waals surface area (Å²) in [5.41, 5.74) is 0. The van der Waals surface area contributed by atoms with Gasteiger partial charge >= 0.3 is 0 Å². The van der Waals surface area contributed by atoms with Crippen LogP contribution in [0.1, 0.15) is 19.8 Å². The fourth-order valence-electron chi connectivity index (χ4n) is 1.16. The Labute approximate surface area is 63.1 Å². The fraction of sp³-hybridized carbons (Fsp3) is 1.00. The Morgan fingerprint density at radius 2 is 1.80 bits per heavy atom. The number of hydrogen-bond acceptors (Lipinski definition) is 2. The topological polar surface area (TPSA) is 37.4 Å². The molecule has 0 aromatic rings. The van der Waals surface area contributed by atoms with Crippen molar-refractivity contribution in [3.8, 4) is 0 Å². The summed E-state index contributed by atoms with van der Waals surface area (Å²) in [6, 6.07) is 0. The average Bonchev–Trinajstić information content (AvgIpc) is 1.88. The molecule has 1 saturated heterocycles. The second-order valence-electron chi connectivity index (χ2n) is 2.87. The predicted octanol–water partition coefficient (Wildman–Crippen LogP) is 0.245. The standard InChI is InChI=1S/C6H13NO2S/c1-6-2-4-7(5-3-6)10(8)9/h6,10H,2-5H2,1H3. The van der Waals surface area contributed by atoms with Crippen LogP contribution in [0.2, 0.25) is 0 Å². The van der Waals surface area contributed by atoms with E-state index in [0.717, 1.165) is 25.9 Å². The summed E-state index contributed by atoms with van der Waals surface area (Å²) in [5.74, 6) is 0.700. The van der Waals surface area contributed by atoms with E-state index >= 15 is 0 Å². The van der Waals surface area contributed by atoms with E-state index in [9.17, 15) is 8.42 Å². The zero-order valence-electron chi connectivity index (χ0n) is 6.12. The first-order valence-corrected chi connectivity index (χ1v) is 4.72. The van der Waals surface area contributed by atoms with Crippen molar-refractivity contribution in [2.45, 2.75) is 19.8 Å². The first kappa shape index (κ1) is 8.01. The van der Waals surface area contributed by atoms with Crippen LogP contribution in [-0.4, -0.2) is 25.8 Å². The molecule has 1 aliphatic rings. The Morgan fingerprint density at radius 3 is 2.20 bits per heavy atom. The van der Waals surface area contributed by atoms with Gasteiger partial charge in [0, 0.05) is 13.1 Å². The normalized spacial score (nSPS) is 23.8. The Morgan fingerprint density at radius 1 is 1.30 bits per heavy atom. The number of nitrogens with zero attached hydrogens (tertiary/aromatic N) is 1. The van der Waals surface area contributed by atoms with Crippen molar-refractivity contribution in [2.75, 3.05) is 13.1 Å². The Hall–Kier alpha value is -0.0900. The number of rotatable bonds is 1. The summed E-state index contributed by atoms with van der Waals surface area (Å²) in [5, 5.41) is 0. The maximum Gasteiger partial charge on any atom is 0.203 e. The lowest BCUT2D eigenvalue weighted by molar-refractivity contribution is 0.294. The molecule has 0 spiro atoms. The lowest BCUT2D eigenvalue weighted by Crippen LogP contribution is -2.31. The third-order valence-corrected chi connectivity index (χ3v) is 2.85. The minimum absolute atomic E-state index is 0.700. The van der Waals surface area contributed by atoms with Crippen molar-refractivity contribution < 1.29 is 8.42 Å². The van der Waals surface area contributed by atoms with Gasteiger partial charge in [0.05, 0.1) is 0 Å². The van der Waals surface area contributed by atoms with Crippen LogP contribution in [0.4, 0.5) is 0 Å². The highest BCUT2D eigenvalue weighted by atomic mass is 32.2. The molecular weight excluding hydrogens is 150 g/mol. The van der Waals surface area contributed by atoms with Crippen LogP contribution < -0.4 is 0 Å². The highest BCUT2D eigenvalue weighted by molar-refractivity contribution is 7.69. The van der Waals surface area contributed by atoms with Gasteiger partial charge in [-0.25, -0.2) is 12.7 Å². The third-order valence-electron chi connectivity index (χ3n) is 1.99. The van der Waals surface area contributed by atoms with Crippen LogP contribution >= 0.6 is 0 Å². The molecule has 0 aromatic carbocycles. The third kappa shape index (κ3) is 1.95. The molecule has 0 saturated carbocycles. The maximum absolute atomic E-state index is 10.4. The van der Waals surface area contributed by atoms with Crippen LogP contribution in [0.25, 0.3) is 0 Å². The minimum atomic E-state index is -2.30. The number of piperidine rings is 1. The molecule has 0 unspecified atom stereocenters. The van der Waals surface area contributed by atoms with E-state index in [0.29, 0.717) is 5.92 Å². The quantitative estimate of drug-likeness (QED) is 0.562. The molecule has 0 aliphatic carbocycles. The Bertz CT molecular complexity index is 163. The smallest absolute Gasteiger partial charge is 0.203 e. The zero-order valence-corrected chi connectivity index (χ0v) is 7.01. The summed E-state index contributed by atoms with van der Waals surface area (Å²) in [4.78, 5) is 0. The second kappa shape index (κ2) is 3.34. The summed E-state index contributed by atoms with van der Waals surface area (Å²) in [7, 11) is -2.30. The van der Waals surface area contributed by atoms with E-state index in [1.54, 1.807) is 0 Å². The van der Waals surface area contributed by atoms with Gasteiger partial charge in [-0.3, -0.25) is 0 Å². The molecule has 4 heteroatoms. The van der Waals surface area contributed by atoms with Gasteiger partial charge in [-0.1, -0.05) is 6.92 Å². The summed E-state index contributed by atoms with van der Waals surface area (Å²) in [6.07, 6.45) is 2.03. The molecule has 10 heavy (non-hydrogen) atoms. The maximum atomic E-state index is 10.4. The highest BCUT2D eigenvalue weighted by Gasteiger charge is 2.16. The van der Waals surface area contributed by atoms with Crippen molar-refractivity contribution in [2.24, 2.45) is 5.92 Å². The zero-order chi connectivity index (χ0) is 7.56. The van der Waals surface area contributed by atoms with Crippen LogP contribution in [0.3, 0.4) is 0 Å². The second-order valence-corrected chi connectivity index (χ2v) is 3.92. The molecule has 0 bridgehead atoms.